The van der Waals surface area contributed by atoms with Crippen molar-refractivity contribution < 1.29 is 9.47 Å². The largest absolute Gasteiger partial charge is 0.497 e. The quantitative estimate of drug-likeness (QED) is 0.707. The molecular formula is C26H34N2O2. The second-order valence-corrected chi connectivity index (χ2v) is 9.57. The number of pyridine rings is 1. The summed E-state index contributed by atoms with van der Waals surface area (Å²) in [5.74, 6) is 0.966. The van der Waals surface area contributed by atoms with Crippen LogP contribution in [0.5, 0.6) is 5.75 Å². The molecule has 4 nitrogen and oxygen atoms in total. The fourth-order valence-corrected chi connectivity index (χ4v) is 6.08. The maximum atomic E-state index is 6.41. The molecule has 1 spiro atoms. The second kappa shape index (κ2) is 8.32. The maximum Gasteiger partial charge on any atom is 0.119 e. The molecule has 3 aliphatic rings. The normalized spacial score (nSPS) is 25.9. The molecule has 1 aromatic carbocycles. The van der Waals surface area contributed by atoms with Crippen LogP contribution in [0.4, 0.5) is 0 Å². The van der Waals surface area contributed by atoms with Gasteiger partial charge in [-0.2, -0.15) is 0 Å². The Hall–Kier alpha value is -1.91. The number of aromatic nitrogens is 1. The topological polar surface area (TPSA) is 34.6 Å². The van der Waals surface area contributed by atoms with E-state index in [4.69, 9.17) is 14.5 Å². The number of nitrogens with zero attached hydrogens (tertiary/aromatic N) is 2. The van der Waals surface area contributed by atoms with Gasteiger partial charge in [-0.25, -0.2) is 0 Å². The van der Waals surface area contributed by atoms with E-state index in [-0.39, 0.29) is 11.0 Å². The van der Waals surface area contributed by atoms with Gasteiger partial charge in [-0.1, -0.05) is 25.0 Å². The molecule has 0 radical (unpaired) electrons. The van der Waals surface area contributed by atoms with Gasteiger partial charge in [0.2, 0.25) is 0 Å². The van der Waals surface area contributed by atoms with E-state index in [1.165, 1.54) is 42.5 Å². The van der Waals surface area contributed by atoms with Crippen molar-refractivity contribution in [3.05, 3.63) is 59.4 Å². The molecule has 5 rings (SSSR count). The molecule has 0 N–H and O–H groups in total. The SMILES string of the molecule is COc1ccc2c(c1)CN(CCC1(c3ccccn3)CCOC3(CCCC3)C1)CC2. The molecule has 30 heavy (non-hydrogen) atoms. The number of hydrogen-bond donors (Lipinski definition) is 0. The Morgan fingerprint density at radius 1 is 1.10 bits per heavy atom. The Labute approximate surface area is 180 Å². The van der Waals surface area contributed by atoms with Crippen molar-refractivity contribution in [2.75, 3.05) is 26.8 Å². The Kier molecular flexibility index (Phi) is 5.55. The summed E-state index contributed by atoms with van der Waals surface area (Å²) in [4.78, 5) is 7.49. The highest BCUT2D eigenvalue weighted by Gasteiger charge is 2.48. The highest BCUT2D eigenvalue weighted by Crippen LogP contribution is 2.49. The lowest BCUT2D eigenvalue weighted by Crippen LogP contribution is -2.48. The minimum absolute atomic E-state index is 0.0949. The van der Waals surface area contributed by atoms with Crippen LogP contribution in [-0.2, 0) is 23.1 Å². The first-order valence-corrected chi connectivity index (χ1v) is 11.6. The molecule has 1 saturated carbocycles. The van der Waals surface area contributed by atoms with Crippen LogP contribution in [0.1, 0.15) is 61.8 Å². The van der Waals surface area contributed by atoms with Gasteiger partial charge in [-0.05, 0) is 80.5 Å². The number of ether oxygens (including phenoxy) is 2. The lowest BCUT2D eigenvalue weighted by molar-refractivity contribution is -0.105. The molecular weight excluding hydrogens is 372 g/mol. The monoisotopic (exact) mass is 406 g/mol. The van der Waals surface area contributed by atoms with E-state index in [9.17, 15) is 0 Å². The van der Waals surface area contributed by atoms with E-state index in [1.807, 2.05) is 12.3 Å². The highest BCUT2D eigenvalue weighted by molar-refractivity contribution is 5.37. The van der Waals surface area contributed by atoms with Gasteiger partial charge in [0.25, 0.3) is 0 Å². The summed E-state index contributed by atoms with van der Waals surface area (Å²) in [7, 11) is 1.75. The van der Waals surface area contributed by atoms with Crippen LogP contribution in [0.3, 0.4) is 0 Å². The first-order valence-electron chi connectivity index (χ1n) is 11.6. The lowest BCUT2D eigenvalue weighted by Gasteiger charge is -2.47. The molecule has 4 heteroatoms. The van der Waals surface area contributed by atoms with Crippen molar-refractivity contribution in [2.45, 2.75) is 68.9 Å². The summed E-state index contributed by atoms with van der Waals surface area (Å²) in [6.45, 7) is 4.14. The van der Waals surface area contributed by atoms with Crippen LogP contribution in [0, 0.1) is 0 Å². The fraction of sp³-hybridized carbons (Fsp3) is 0.577. The molecule has 1 unspecified atom stereocenters. The summed E-state index contributed by atoms with van der Waals surface area (Å²) in [6, 6.07) is 13.0. The molecule has 2 fully saturated rings. The smallest absolute Gasteiger partial charge is 0.119 e. The van der Waals surface area contributed by atoms with Gasteiger partial charge in [-0.15, -0.1) is 0 Å². The molecule has 160 valence electrons. The van der Waals surface area contributed by atoms with Crippen LogP contribution in [0.15, 0.2) is 42.6 Å². The van der Waals surface area contributed by atoms with Gasteiger partial charge >= 0.3 is 0 Å². The van der Waals surface area contributed by atoms with E-state index < -0.39 is 0 Å². The van der Waals surface area contributed by atoms with Crippen molar-refractivity contribution in [3.8, 4) is 5.75 Å². The molecule has 1 aliphatic carbocycles. The molecule has 1 saturated heterocycles. The van der Waals surface area contributed by atoms with E-state index in [1.54, 1.807) is 7.11 Å². The first-order chi connectivity index (χ1) is 14.7. The van der Waals surface area contributed by atoms with Crippen LogP contribution in [0.2, 0.25) is 0 Å². The molecule has 3 heterocycles. The highest BCUT2D eigenvalue weighted by atomic mass is 16.5. The second-order valence-electron chi connectivity index (χ2n) is 9.57. The number of methoxy groups -OCH3 is 1. The Bertz CT molecular complexity index is 863. The van der Waals surface area contributed by atoms with Crippen molar-refractivity contribution in [2.24, 2.45) is 0 Å². The average molecular weight is 407 g/mol. The van der Waals surface area contributed by atoms with Crippen LogP contribution >= 0.6 is 0 Å². The fourth-order valence-electron chi connectivity index (χ4n) is 6.08. The summed E-state index contributed by atoms with van der Waals surface area (Å²) in [5, 5.41) is 0. The van der Waals surface area contributed by atoms with Gasteiger partial charge in [0.15, 0.2) is 0 Å². The van der Waals surface area contributed by atoms with Crippen LogP contribution in [0.25, 0.3) is 0 Å². The Balaban J connectivity index is 1.35. The molecule has 0 bridgehead atoms. The zero-order valence-electron chi connectivity index (χ0n) is 18.2. The van der Waals surface area contributed by atoms with Crippen molar-refractivity contribution >= 4 is 0 Å². The van der Waals surface area contributed by atoms with Crippen molar-refractivity contribution in [1.29, 1.82) is 0 Å². The molecule has 1 aromatic heterocycles. The minimum Gasteiger partial charge on any atom is -0.497 e. The zero-order chi connectivity index (χ0) is 20.4. The van der Waals surface area contributed by atoms with Crippen LogP contribution in [-0.4, -0.2) is 42.3 Å². The average Bonchev–Trinajstić information content (AvgIpc) is 3.25. The zero-order valence-corrected chi connectivity index (χ0v) is 18.2. The number of rotatable bonds is 5. The summed E-state index contributed by atoms with van der Waals surface area (Å²) >= 11 is 0. The third-order valence-electron chi connectivity index (χ3n) is 7.78. The number of hydrogen-bond acceptors (Lipinski definition) is 4. The van der Waals surface area contributed by atoms with E-state index in [0.717, 1.165) is 57.7 Å². The standard InChI is InChI=1S/C26H34N2O2/c1-29-23-8-7-21-9-15-28(19-22(21)18-23)16-12-25(24-6-2-5-14-27-24)13-17-30-26(20-25)10-3-4-11-26/h2,5-8,14,18H,3-4,9-13,15-17,19-20H2,1H3. The lowest BCUT2D eigenvalue weighted by atomic mass is 9.67. The number of benzene rings is 1. The van der Waals surface area contributed by atoms with E-state index >= 15 is 0 Å². The van der Waals surface area contributed by atoms with Crippen LogP contribution < -0.4 is 4.74 Å². The van der Waals surface area contributed by atoms with Gasteiger partial charge in [-0.3, -0.25) is 9.88 Å². The Morgan fingerprint density at radius 2 is 2.00 bits per heavy atom. The molecule has 2 aliphatic heterocycles. The molecule has 0 amide bonds. The third-order valence-corrected chi connectivity index (χ3v) is 7.78. The summed E-state index contributed by atoms with van der Waals surface area (Å²) in [5.41, 5.74) is 4.41. The van der Waals surface area contributed by atoms with Gasteiger partial charge < -0.3 is 9.47 Å². The summed E-state index contributed by atoms with van der Waals surface area (Å²) in [6.07, 6.45) is 11.5. The molecule has 1 atom stereocenters. The van der Waals surface area contributed by atoms with Gasteiger partial charge in [0.1, 0.15) is 5.75 Å². The van der Waals surface area contributed by atoms with Crippen molar-refractivity contribution in [1.82, 2.24) is 9.88 Å². The Morgan fingerprint density at radius 3 is 2.80 bits per heavy atom. The predicted octanol–water partition coefficient (Wildman–Crippen LogP) is 4.90. The van der Waals surface area contributed by atoms with E-state index in [2.05, 4.69) is 35.2 Å². The third kappa shape index (κ3) is 3.88. The minimum atomic E-state index is 0.0949. The maximum absolute atomic E-state index is 6.41. The van der Waals surface area contributed by atoms with Gasteiger partial charge in [0.05, 0.1) is 12.7 Å². The first kappa shape index (κ1) is 20.0. The number of fused-ring (bicyclic) bond motifs is 1. The molecule has 2 aromatic rings. The van der Waals surface area contributed by atoms with Gasteiger partial charge in [0, 0.05) is 37.0 Å². The van der Waals surface area contributed by atoms with Crippen molar-refractivity contribution in [3.63, 3.8) is 0 Å². The van der Waals surface area contributed by atoms with E-state index in [0.29, 0.717) is 0 Å². The summed E-state index contributed by atoms with van der Waals surface area (Å²) < 4.78 is 11.9. The predicted molar refractivity (Wildman–Crippen MR) is 119 cm³/mol.